The van der Waals surface area contributed by atoms with E-state index in [0.29, 0.717) is 18.0 Å². The highest BCUT2D eigenvalue weighted by atomic mass is 35.5. The molecule has 0 heterocycles. The molecule has 0 bridgehead atoms. The fourth-order valence-corrected chi connectivity index (χ4v) is 1.98. The Kier molecular flexibility index (Phi) is 6.67. The zero-order valence-corrected chi connectivity index (χ0v) is 12.2. The molecule has 1 rings (SSSR count). The van der Waals surface area contributed by atoms with Crippen molar-refractivity contribution in [3.05, 3.63) is 34.9 Å². The van der Waals surface area contributed by atoms with E-state index >= 15 is 0 Å². The van der Waals surface area contributed by atoms with Crippen molar-refractivity contribution in [3.63, 3.8) is 0 Å². The highest BCUT2D eigenvalue weighted by Gasteiger charge is 2.12. The number of hydrogen-bond donors (Lipinski definition) is 2. The summed E-state index contributed by atoms with van der Waals surface area (Å²) in [4.78, 5) is 13.5. The van der Waals surface area contributed by atoms with Gasteiger partial charge in [0.15, 0.2) is 0 Å². The average molecular weight is 285 g/mol. The van der Waals surface area contributed by atoms with Crippen molar-refractivity contribution >= 4 is 17.6 Å². The summed E-state index contributed by atoms with van der Waals surface area (Å²) >= 11 is 5.91. The molecule has 5 heteroatoms. The van der Waals surface area contributed by atoms with Gasteiger partial charge in [-0.1, -0.05) is 23.7 Å². The molecule has 19 heavy (non-hydrogen) atoms. The fourth-order valence-electron chi connectivity index (χ4n) is 1.77. The monoisotopic (exact) mass is 284 g/mol. The van der Waals surface area contributed by atoms with Gasteiger partial charge in [0.2, 0.25) is 0 Å². The summed E-state index contributed by atoms with van der Waals surface area (Å²) in [5.74, 6) is 0. The highest BCUT2D eigenvalue weighted by molar-refractivity contribution is 6.30. The Hall–Kier alpha value is -1.26. The summed E-state index contributed by atoms with van der Waals surface area (Å²) in [6, 6.07) is 7.40. The van der Waals surface area contributed by atoms with E-state index in [4.69, 9.17) is 16.7 Å². The van der Waals surface area contributed by atoms with Crippen molar-refractivity contribution < 1.29 is 9.90 Å². The van der Waals surface area contributed by atoms with E-state index in [1.807, 2.05) is 31.2 Å². The molecule has 0 saturated heterocycles. The van der Waals surface area contributed by atoms with Crippen molar-refractivity contribution in [2.45, 2.75) is 32.4 Å². The molecule has 0 saturated carbocycles. The van der Waals surface area contributed by atoms with Crippen LogP contribution in [0.3, 0.4) is 0 Å². The summed E-state index contributed by atoms with van der Waals surface area (Å²) in [5.41, 5.74) is 0.994. The number of carbonyl (C=O) groups is 1. The molecule has 1 aromatic carbocycles. The van der Waals surface area contributed by atoms with Gasteiger partial charge in [-0.15, -0.1) is 0 Å². The Balaban J connectivity index is 2.44. The lowest BCUT2D eigenvalue weighted by Crippen LogP contribution is -2.41. The Bertz CT molecular complexity index is 412. The van der Waals surface area contributed by atoms with Crippen LogP contribution in [0, 0.1) is 0 Å². The van der Waals surface area contributed by atoms with E-state index in [1.165, 1.54) is 0 Å². The van der Waals surface area contributed by atoms with E-state index in [9.17, 15) is 4.79 Å². The minimum Gasteiger partial charge on any atom is -0.396 e. The van der Waals surface area contributed by atoms with Crippen LogP contribution in [0.4, 0.5) is 4.79 Å². The molecule has 0 radical (unpaired) electrons. The molecule has 1 atom stereocenters. The van der Waals surface area contributed by atoms with Crippen LogP contribution in [0.15, 0.2) is 24.3 Å². The van der Waals surface area contributed by atoms with Crippen LogP contribution in [-0.4, -0.2) is 35.7 Å². The van der Waals surface area contributed by atoms with Crippen molar-refractivity contribution in [2.75, 3.05) is 13.7 Å². The molecule has 2 N–H and O–H groups in total. The number of carbonyl (C=O) groups excluding carboxylic acids is 1. The van der Waals surface area contributed by atoms with Crippen LogP contribution >= 0.6 is 11.6 Å². The lowest BCUT2D eigenvalue weighted by atomic mass is 10.2. The van der Waals surface area contributed by atoms with Crippen molar-refractivity contribution in [1.29, 1.82) is 0 Å². The summed E-state index contributed by atoms with van der Waals surface area (Å²) in [5, 5.41) is 12.3. The van der Waals surface area contributed by atoms with Gasteiger partial charge in [0.1, 0.15) is 0 Å². The summed E-state index contributed by atoms with van der Waals surface area (Å²) in [7, 11) is 1.75. The van der Waals surface area contributed by atoms with E-state index in [0.717, 1.165) is 12.0 Å². The number of rotatable bonds is 6. The van der Waals surface area contributed by atoms with Gasteiger partial charge in [-0.3, -0.25) is 0 Å². The second-order valence-corrected chi connectivity index (χ2v) is 5.14. The molecule has 4 nitrogen and oxygen atoms in total. The van der Waals surface area contributed by atoms with Crippen LogP contribution in [0.2, 0.25) is 5.02 Å². The number of halogens is 1. The van der Waals surface area contributed by atoms with Gasteiger partial charge in [0, 0.05) is 31.3 Å². The number of urea groups is 1. The van der Waals surface area contributed by atoms with Gasteiger partial charge in [-0.2, -0.15) is 0 Å². The standard InChI is InChI=1S/C14H21ClN2O2/c1-11(5-4-8-18)16-14(19)17(2)10-12-6-3-7-13(15)9-12/h3,6-7,9,11,18H,4-5,8,10H2,1-2H3,(H,16,19). The maximum atomic E-state index is 11.9. The van der Waals surface area contributed by atoms with Gasteiger partial charge in [-0.05, 0) is 37.5 Å². The molecule has 0 fully saturated rings. The molecule has 1 aromatic rings. The third kappa shape index (κ3) is 5.94. The molecular weight excluding hydrogens is 264 g/mol. The first-order valence-corrected chi connectivity index (χ1v) is 6.77. The second kappa shape index (κ2) is 8.02. The number of amides is 2. The molecule has 0 spiro atoms. The summed E-state index contributed by atoms with van der Waals surface area (Å²) in [6.45, 7) is 2.60. The van der Waals surface area contributed by atoms with Crippen LogP contribution in [-0.2, 0) is 6.54 Å². The van der Waals surface area contributed by atoms with Gasteiger partial charge in [-0.25, -0.2) is 4.79 Å². The van der Waals surface area contributed by atoms with Crippen molar-refractivity contribution in [2.24, 2.45) is 0 Å². The zero-order valence-electron chi connectivity index (χ0n) is 11.4. The topological polar surface area (TPSA) is 52.6 Å². The first kappa shape index (κ1) is 15.8. The Labute approximate surface area is 119 Å². The van der Waals surface area contributed by atoms with Crippen LogP contribution in [0.1, 0.15) is 25.3 Å². The fraction of sp³-hybridized carbons (Fsp3) is 0.500. The SMILES string of the molecule is CC(CCCO)NC(=O)N(C)Cc1cccc(Cl)c1. The Morgan fingerprint density at radius 3 is 2.89 bits per heavy atom. The van der Waals surface area contributed by atoms with Crippen LogP contribution in [0.5, 0.6) is 0 Å². The molecule has 0 aromatic heterocycles. The Morgan fingerprint density at radius 2 is 2.26 bits per heavy atom. The van der Waals surface area contributed by atoms with Crippen LogP contribution < -0.4 is 5.32 Å². The summed E-state index contributed by atoms with van der Waals surface area (Å²) in [6.07, 6.45) is 1.46. The lowest BCUT2D eigenvalue weighted by Gasteiger charge is -2.21. The van der Waals surface area contributed by atoms with E-state index < -0.39 is 0 Å². The maximum absolute atomic E-state index is 11.9. The predicted molar refractivity (Wildman–Crippen MR) is 77.2 cm³/mol. The number of benzene rings is 1. The normalized spacial score (nSPS) is 12.0. The van der Waals surface area contributed by atoms with Crippen molar-refractivity contribution in [1.82, 2.24) is 10.2 Å². The van der Waals surface area contributed by atoms with Gasteiger partial charge in [0.05, 0.1) is 0 Å². The molecule has 1 unspecified atom stereocenters. The van der Waals surface area contributed by atoms with Gasteiger partial charge >= 0.3 is 6.03 Å². The molecule has 0 aliphatic carbocycles. The molecule has 106 valence electrons. The third-order valence-electron chi connectivity index (χ3n) is 2.82. The zero-order chi connectivity index (χ0) is 14.3. The lowest BCUT2D eigenvalue weighted by molar-refractivity contribution is 0.201. The molecule has 0 aliphatic rings. The maximum Gasteiger partial charge on any atom is 0.317 e. The van der Waals surface area contributed by atoms with Gasteiger partial charge < -0.3 is 15.3 Å². The minimum atomic E-state index is -0.120. The van der Waals surface area contributed by atoms with Crippen LogP contribution in [0.25, 0.3) is 0 Å². The van der Waals surface area contributed by atoms with E-state index in [1.54, 1.807) is 11.9 Å². The predicted octanol–water partition coefficient (Wildman–Crippen LogP) is 2.64. The first-order chi connectivity index (χ1) is 9.02. The summed E-state index contributed by atoms with van der Waals surface area (Å²) < 4.78 is 0. The third-order valence-corrected chi connectivity index (χ3v) is 3.06. The van der Waals surface area contributed by atoms with Crippen molar-refractivity contribution in [3.8, 4) is 0 Å². The first-order valence-electron chi connectivity index (χ1n) is 6.40. The minimum absolute atomic E-state index is 0.0569. The van der Waals surface area contributed by atoms with E-state index in [2.05, 4.69) is 5.32 Å². The number of aliphatic hydroxyl groups excluding tert-OH is 1. The van der Waals surface area contributed by atoms with Gasteiger partial charge in [0.25, 0.3) is 0 Å². The number of hydrogen-bond acceptors (Lipinski definition) is 2. The Morgan fingerprint density at radius 1 is 1.53 bits per heavy atom. The smallest absolute Gasteiger partial charge is 0.317 e. The largest absolute Gasteiger partial charge is 0.396 e. The van der Waals surface area contributed by atoms with E-state index in [-0.39, 0.29) is 18.7 Å². The quantitative estimate of drug-likeness (QED) is 0.844. The number of aliphatic hydroxyl groups is 1. The molecule has 2 amide bonds. The highest BCUT2D eigenvalue weighted by Crippen LogP contribution is 2.12. The number of nitrogens with zero attached hydrogens (tertiary/aromatic N) is 1. The average Bonchev–Trinajstić information content (AvgIpc) is 2.36. The second-order valence-electron chi connectivity index (χ2n) is 4.70. The molecular formula is C14H21ClN2O2. The number of nitrogens with one attached hydrogen (secondary N) is 1. The molecule has 0 aliphatic heterocycles.